The Balaban J connectivity index is 1.77. The first-order valence-electron chi connectivity index (χ1n) is 7.96. The lowest BCUT2D eigenvalue weighted by Gasteiger charge is -2.33. The Labute approximate surface area is 146 Å². The SMILES string of the molecule is Cc1nnc(Cn2c(N3CCC(F)C(N)C3)nc3cc(F)cnc32)s1. The van der Waals surface area contributed by atoms with Crippen molar-refractivity contribution >= 4 is 28.4 Å². The standard InChI is InChI=1S/C15H17F2N7S/c1-8-21-22-13(25-8)7-24-14-12(4-9(16)5-19-14)20-15(24)23-3-2-10(17)11(18)6-23/h4-5,10-11H,2-3,6-7,18H2,1H3. The lowest BCUT2D eigenvalue weighted by molar-refractivity contribution is 0.243. The molecule has 0 amide bonds. The minimum atomic E-state index is -1.02. The fourth-order valence-corrected chi connectivity index (χ4v) is 3.73. The Morgan fingerprint density at radius 2 is 2.24 bits per heavy atom. The van der Waals surface area contributed by atoms with Gasteiger partial charge in [0, 0.05) is 19.2 Å². The third kappa shape index (κ3) is 3.07. The zero-order valence-electron chi connectivity index (χ0n) is 13.6. The molecule has 7 nitrogen and oxygen atoms in total. The topological polar surface area (TPSA) is 85.8 Å². The monoisotopic (exact) mass is 365 g/mol. The van der Waals surface area contributed by atoms with Crippen molar-refractivity contribution in [2.45, 2.75) is 32.1 Å². The maximum absolute atomic E-state index is 13.7. The molecule has 4 heterocycles. The number of anilines is 1. The molecule has 10 heteroatoms. The third-order valence-corrected chi connectivity index (χ3v) is 5.07. The van der Waals surface area contributed by atoms with E-state index in [0.29, 0.717) is 43.2 Å². The van der Waals surface area contributed by atoms with E-state index in [1.54, 1.807) is 0 Å². The van der Waals surface area contributed by atoms with Crippen LogP contribution in [0.5, 0.6) is 0 Å². The minimum Gasteiger partial charge on any atom is -0.340 e. The van der Waals surface area contributed by atoms with Crippen molar-refractivity contribution < 1.29 is 8.78 Å². The average Bonchev–Trinajstić information content (AvgIpc) is 3.14. The number of fused-ring (bicyclic) bond motifs is 1. The highest BCUT2D eigenvalue weighted by Crippen LogP contribution is 2.26. The Kier molecular flexibility index (Phi) is 4.08. The number of halogens is 2. The number of piperidine rings is 1. The summed E-state index contributed by atoms with van der Waals surface area (Å²) in [6.07, 6.45) is 0.481. The van der Waals surface area contributed by atoms with Gasteiger partial charge in [0.1, 0.15) is 27.5 Å². The maximum Gasteiger partial charge on any atom is 0.208 e. The van der Waals surface area contributed by atoms with Crippen molar-refractivity contribution in [2.24, 2.45) is 5.73 Å². The van der Waals surface area contributed by atoms with E-state index >= 15 is 0 Å². The molecule has 1 saturated heterocycles. The van der Waals surface area contributed by atoms with Gasteiger partial charge in [-0.05, 0) is 13.3 Å². The van der Waals surface area contributed by atoms with E-state index in [9.17, 15) is 8.78 Å². The second-order valence-electron chi connectivity index (χ2n) is 6.12. The van der Waals surface area contributed by atoms with Gasteiger partial charge >= 0.3 is 0 Å². The lowest BCUT2D eigenvalue weighted by Crippen LogP contribution is -2.50. The number of nitrogens with zero attached hydrogens (tertiary/aromatic N) is 6. The summed E-state index contributed by atoms with van der Waals surface area (Å²) in [6, 6.07) is 0.769. The van der Waals surface area contributed by atoms with Crippen LogP contribution in [0.2, 0.25) is 0 Å². The number of imidazole rings is 1. The molecule has 3 aromatic heterocycles. The molecular formula is C15H17F2N7S. The van der Waals surface area contributed by atoms with Gasteiger partial charge < -0.3 is 10.6 Å². The van der Waals surface area contributed by atoms with Crippen molar-refractivity contribution in [1.29, 1.82) is 0 Å². The molecular weight excluding hydrogens is 348 g/mol. The molecule has 0 aromatic carbocycles. The summed E-state index contributed by atoms with van der Waals surface area (Å²) >= 11 is 1.48. The Bertz CT molecular complexity index is 909. The van der Waals surface area contributed by atoms with E-state index in [4.69, 9.17) is 5.73 Å². The molecule has 0 aliphatic carbocycles. The molecule has 2 atom stereocenters. The highest BCUT2D eigenvalue weighted by molar-refractivity contribution is 7.11. The van der Waals surface area contributed by atoms with Crippen LogP contribution in [-0.4, -0.2) is 50.0 Å². The smallest absolute Gasteiger partial charge is 0.208 e. The van der Waals surface area contributed by atoms with Gasteiger partial charge in [-0.3, -0.25) is 4.57 Å². The third-order valence-electron chi connectivity index (χ3n) is 4.25. The molecule has 1 fully saturated rings. The first-order valence-corrected chi connectivity index (χ1v) is 8.78. The molecule has 2 N–H and O–H groups in total. The fourth-order valence-electron chi connectivity index (χ4n) is 3.03. The van der Waals surface area contributed by atoms with Crippen molar-refractivity contribution in [3.63, 3.8) is 0 Å². The molecule has 1 aliphatic heterocycles. The zero-order valence-corrected chi connectivity index (χ0v) is 14.4. The Hall–Kier alpha value is -2.20. The van der Waals surface area contributed by atoms with Crippen LogP contribution in [0.1, 0.15) is 16.4 Å². The summed E-state index contributed by atoms with van der Waals surface area (Å²) in [7, 11) is 0. The lowest BCUT2D eigenvalue weighted by atomic mass is 10.1. The highest BCUT2D eigenvalue weighted by Gasteiger charge is 2.29. The van der Waals surface area contributed by atoms with Crippen LogP contribution in [0.25, 0.3) is 11.2 Å². The van der Waals surface area contributed by atoms with Crippen molar-refractivity contribution in [3.8, 4) is 0 Å². The molecule has 0 saturated carbocycles. The molecule has 4 rings (SSSR count). The van der Waals surface area contributed by atoms with Crippen LogP contribution in [0.4, 0.5) is 14.7 Å². The quantitative estimate of drug-likeness (QED) is 0.760. The van der Waals surface area contributed by atoms with Gasteiger partial charge in [-0.2, -0.15) is 0 Å². The van der Waals surface area contributed by atoms with E-state index in [-0.39, 0.29) is 0 Å². The predicted molar refractivity (Wildman–Crippen MR) is 90.9 cm³/mol. The molecule has 1 aliphatic rings. The molecule has 0 radical (unpaired) electrons. The number of hydrogen-bond acceptors (Lipinski definition) is 7. The fraction of sp³-hybridized carbons (Fsp3) is 0.467. The van der Waals surface area contributed by atoms with Crippen molar-refractivity contribution in [1.82, 2.24) is 24.7 Å². The first-order chi connectivity index (χ1) is 12.0. The molecule has 2 unspecified atom stereocenters. The molecule has 0 bridgehead atoms. The number of aromatic nitrogens is 5. The summed E-state index contributed by atoms with van der Waals surface area (Å²) in [5, 5.41) is 9.83. The second-order valence-corrected chi connectivity index (χ2v) is 7.39. The Morgan fingerprint density at radius 3 is 2.96 bits per heavy atom. The van der Waals surface area contributed by atoms with Gasteiger partial charge in [0.15, 0.2) is 5.65 Å². The van der Waals surface area contributed by atoms with Gasteiger partial charge in [-0.1, -0.05) is 11.3 Å². The number of aryl methyl sites for hydroxylation is 1. The second kappa shape index (κ2) is 6.26. The van der Waals surface area contributed by atoms with Crippen LogP contribution < -0.4 is 10.6 Å². The van der Waals surface area contributed by atoms with Crippen molar-refractivity contribution in [3.05, 3.63) is 28.1 Å². The summed E-state index contributed by atoms with van der Waals surface area (Å²) in [5.74, 6) is 0.151. The molecule has 25 heavy (non-hydrogen) atoms. The zero-order chi connectivity index (χ0) is 17.6. The normalized spacial score (nSPS) is 21.2. The number of rotatable bonds is 3. The Morgan fingerprint density at radius 1 is 1.40 bits per heavy atom. The first kappa shape index (κ1) is 16.3. The molecule has 0 spiro atoms. The van der Waals surface area contributed by atoms with Gasteiger partial charge in [-0.25, -0.2) is 18.7 Å². The molecule has 3 aromatic rings. The summed E-state index contributed by atoms with van der Waals surface area (Å²) in [4.78, 5) is 10.6. The van der Waals surface area contributed by atoms with Crippen LogP contribution in [0, 0.1) is 12.7 Å². The number of alkyl halides is 1. The van der Waals surface area contributed by atoms with E-state index < -0.39 is 18.0 Å². The predicted octanol–water partition coefficient (Wildman–Crippen LogP) is 1.65. The van der Waals surface area contributed by atoms with Crippen LogP contribution in [0.3, 0.4) is 0 Å². The number of nitrogens with two attached hydrogens (primary N) is 1. The van der Waals surface area contributed by atoms with Gasteiger partial charge in [-0.15, -0.1) is 10.2 Å². The highest BCUT2D eigenvalue weighted by atomic mass is 32.1. The van der Waals surface area contributed by atoms with E-state index in [1.165, 1.54) is 17.4 Å². The van der Waals surface area contributed by atoms with E-state index in [0.717, 1.165) is 16.2 Å². The average molecular weight is 365 g/mol. The number of hydrogen-bond donors (Lipinski definition) is 1. The minimum absolute atomic E-state index is 0.337. The van der Waals surface area contributed by atoms with Gasteiger partial charge in [0.05, 0.1) is 18.8 Å². The summed E-state index contributed by atoms with van der Waals surface area (Å²) in [6.45, 7) is 3.14. The van der Waals surface area contributed by atoms with Gasteiger partial charge in [0.25, 0.3) is 0 Å². The maximum atomic E-state index is 13.7. The van der Waals surface area contributed by atoms with Crippen molar-refractivity contribution in [2.75, 3.05) is 18.0 Å². The van der Waals surface area contributed by atoms with Crippen LogP contribution >= 0.6 is 11.3 Å². The van der Waals surface area contributed by atoms with Gasteiger partial charge in [0.2, 0.25) is 5.95 Å². The van der Waals surface area contributed by atoms with E-state index in [2.05, 4.69) is 20.2 Å². The van der Waals surface area contributed by atoms with Crippen LogP contribution in [0.15, 0.2) is 12.3 Å². The van der Waals surface area contributed by atoms with E-state index in [1.807, 2.05) is 16.4 Å². The molecule has 132 valence electrons. The number of pyridine rings is 1. The largest absolute Gasteiger partial charge is 0.340 e. The summed E-state index contributed by atoms with van der Waals surface area (Å²) in [5.41, 5.74) is 6.89. The van der Waals surface area contributed by atoms with Crippen LogP contribution in [-0.2, 0) is 6.54 Å². The summed E-state index contributed by atoms with van der Waals surface area (Å²) < 4.78 is 29.1.